The predicted octanol–water partition coefficient (Wildman–Crippen LogP) is 3.04. The van der Waals surface area contributed by atoms with Gasteiger partial charge in [0, 0.05) is 17.5 Å². The molecule has 1 heterocycles. The largest absolute Gasteiger partial charge is 0.268 e. The molecule has 0 aliphatic rings. The average molecular weight is 230 g/mol. The van der Waals surface area contributed by atoms with Gasteiger partial charge in [-0.2, -0.15) is 17.7 Å². The zero-order chi connectivity index (χ0) is 11.2. The van der Waals surface area contributed by atoms with Gasteiger partial charge in [0.1, 0.15) is 0 Å². The SMILES string of the molecule is SCC=CCn1cc(-c2ccccc2)cn1. The molecular weight excluding hydrogens is 216 g/mol. The van der Waals surface area contributed by atoms with Gasteiger partial charge in [-0.3, -0.25) is 4.68 Å². The molecule has 3 heteroatoms. The maximum absolute atomic E-state index is 4.30. The first-order valence-corrected chi connectivity index (χ1v) is 5.87. The van der Waals surface area contributed by atoms with Gasteiger partial charge in [-0.15, -0.1) is 0 Å². The summed E-state index contributed by atoms with van der Waals surface area (Å²) in [7, 11) is 0. The first kappa shape index (κ1) is 11.0. The van der Waals surface area contributed by atoms with E-state index in [2.05, 4.69) is 42.1 Å². The fraction of sp³-hybridized carbons (Fsp3) is 0.154. The summed E-state index contributed by atoms with van der Waals surface area (Å²) in [6.45, 7) is 0.799. The quantitative estimate of drug-likeness (QED) is 0.631. The van der Waals surface area contributed by atoms with Crippen molar-refractivity contribution in [3.63, 3.8) is 0 Å². The van der Waals surface area contributed by atoms with Gasteiger partial charge in [-0.25, -0.2) is 0 Å². The molecule has 0 radical (unpaired) electrons. The van der Waals surface area contributed by atoms with E-state index in [9.17, 15) is 0 Å². The lowest BCUT2D eigenvalue weighted by Gasteiger charge is -1.95. The fourth-order valence-corrected chi connectivity index (χ4v) is 1.65. The third kappa shape index (κ3) is 2.76. The van der Waals surface area contributed by atoms with E-state index in [1.807, 2.05) is 35.2 Å². The van der Waals surface area contributed by atoms with Gasteiger partial charge in [-0.1, -0.05) is 42.5 Å². The summed E-state index contributed by atoms with van der Waals surface area (Å²) in [4.78, 5) is 0. The van der Waals surface area contributed by atoms with Gasteiger partial charge in [0.15, 0.2) is 0 Å². The number of allylic oxidation sites excluding steroid dienone is 1. The minimum atomic E-state index is 0.771. The van der Waals surface area contributed by atoms with Crippen LogP contribution in [0, 0.1) is 0 Å². The van der Waals surface area contributed by atoms with Crippen molar-refractivity contribution in [2.24, 2.45) is 0 Å². The van der Waals surface area contributed by atoms with Gasteiger partial charge >= 0.3 is 0 Å². The van der Waals surface area contributed by atoms with Gasteiger partial charge < -0.3 is 0 Å². The molecule has 0 N–H and O–H groups in total. The van der Waals surface area contributed by atoms with Crippen LogP contribution in [0.15, 0.2) is 54.9 Å². The second-order valence-electron chi connectivity index (χ2n) is 3.47. The van der Waals surface area contributed by atoms with Crippen LogP contribution >= 0.6 is 12.6 Å². The average Bonchev–Trinajstić information content (AvgIpc) is 2.79. The molecule has 1 aromatic carbocycles. The monoisotopic (exact) mass is 230 g/mol. The maximum Gasteiger partial charge on any atom is 0.0590 e. The van der Waals surface area contributed by atoms with Crippen molar-refractivity contribution < 1.29 is 0 Å². The smallest absolute Gasteiger partial charge is 0.0590 e. The van der Waals surface area contributed by atoms with E-state index in [1.165, 1.54) is 5.56 Å². The van der Waals surface area contributed by atoms with E-state index < -0.39 is 0 Å². The molecule has 0 atom stereocenters. The maximum atomic E-state index is 4.30. The molecule has 0 saturated carbocycles. The molecule has 0 fully saturated rings. The number of nitrogens with zero attached hydrogens (tertiary/aromatic N) is 2. The molecule has 0 bridgehead atoms. The molecule has 0 aliphatic heterocycles. The Morgan fingerprint density at radius 3 is 2.69 bits per heavy atom. The molecule has 82 valence electrons. The fourth-order valence-electron chi connectivity index (χ4n) is 1.50. The molecule has 0 saturated heterocycles. The summed E-state index contributed by atoms with van der Waals surface area (Å²) < 4.78 is 1.92. The van der Waals surface area contributed by atoms with Crippen LogP contribution in [0.3, 0.4) is 0 Å². The van der Waals surface area contributed by atoms with E-state index in [4.69, 9.17) is 0 Å². The number of rotatable bonds is 4. The highest BCUT2D eigenvalue weighted by Gasteiger charge is 1.99. The van der Waals surface area contributed by atoms with Gasteiger partial charge in [0.25, 0.3) is 0 Å². The molecule has 16 heavy (non-hydrogen) atoms. The van der Waals surface area contributed by atoms with Gasteiger partial charge in [0.2, 0.25) is 0 Å². The highest BCUT2D eigenvalue weighted by atomic mass is 32.1. The van der Waals surface area contributed by atoms with Crippen molar-refractivity contribution in [3.05, 3.63) is 54.9 Å². The number of aromatic nitrogens is 2. The van der Waals surface area contributed by atoms with Gasteiger partial charge in [0.05, 0.1) is 12.7 Å². The Bertz CT molecular complexity index is 460. The Labute approximate surface area is 101 Å². The first-order chi connectivity index (χ1) is 7.90. The summed E-state index contributed by atoms with van der Waals surface area (Å²) in [5, 5.41) is 4.30. The zero-order valence-corrected chi connectivity index (χ0v) is 9.85. The van der Waals surface area contributed by atoms with Crippen LogP contribution in [-0.4, -0.2) is 15.5 Å². The second kappa shape index (κ2) is 5.56. The third-order valence-electron chi connectivity index (χ3n) is 2.30. The standard InChI is InChI=1S/C13H14N2S/c16-9-5-4-8-15-11-13(10-14-15)12-6-2-1-3-7-12/h1-7,10-11,16H,8-9H2. The van der Waals surface area contributed by atoms with Crippen LogP contribution < -0.4 is 0 Å². The van der Waals surface area contributed by atoms with Crippen molar-refractivity contribution in [3.8, 4) is 11.1 Å². The van der Waals surface area contributed by atoms with Crippen LogP contribution in [0.2, 0.25) is 0 Å². The summed E-state index contributed by atoms with van der Waals surface area (Å²) in [5.41, 5.74) is 2.35. The molecule has 0 unspecified atom stereocenters. The van der Waals surface area contributed by atoms with Crippen LogP contribution in [0.4, 0.5) is 0 Å². The van der Waals surface area contributed by atoms with Crippen molar-refractivity contribution in [2.75, 3.05) is 5.75 Å². The topological polar surface area (TPSA) is 17.8 Å². The van der Waals surface area contributed by atoms with Gasteiger partial charge in [-0.05, 0) is 5.56 Å². The first-order valence-electron chi connectivity index (χ1n) is 5.24. The lowest BCUT2D eigenvalue weighted by atomic mass is 10.1. The van der Waals surface area contributed by atoms with Crippen molar-refractivity contribution >= 4 is 12.6 Å². The van der Waals surface area contributed by atoms with E-state index in [0.29, 0.717) is 0 Å². The minimum Gasteiger partial charge on any atom is -0.268 e. The van der Waals surface area contributed by atoms with Crippen LogP contribution in [-0.2, 0) is 6.54 Å². The normalized spacial score (nSPS) is 11.1. The molecular formula is C13H14N2S. The van der Waals surface area contributed by atoms with Crippen molar-refractivity contribution in [2.45, 2.75) is 6.54 Å². The number of hydrogen-bond donors (Lipinski definition) is 1. The lowest BCUT2D eigenvalue weighted by Crippen LogP contribution is -1.94. The molecule has 0 aliphatic carbocycles. The number of benzene rings is 1. The zero-order valence-electron chi connectivity index (χ0n) is 8.95. The Morgan fingerprint density at radius 1 is 1.12 bits per heavy atom. The van der Waals surface area contributed by atoms with E-state index in [0.717, 1.165) is 17.9 Å². The van der Waals surface area contributed by atoms with Crippen molar-refractivity contribution in [1.29, 1.82) is 0 Å². The summed E-state index contributed by atoms with van der Waals surface area (Å²) in [5.74, 6) is 0.771. The van der Waals surface area contributed by atoms with E-state index in [1.54, 1.807) is 0 Å². The molecule has 2 aromatic rings. The Kier molecular flexibility index (Phi) is 3.83. The van der Waals surface area contributed by atoms with E-state index in [-0.39, 0.29) is 0 Å². The summed E-state index contributed by atoms with van der Waals surface area (Å²) in [6.07, 6.45) is 8.03. The highest BCUT2D eigenvalue weighted by molar-refractivity contribution is 7.80. The molecule has 0 spiro atoms. The molecule has 2 nitrogen and oxygen atoms in total. The number of hydrogen-bond acceptors (Lipinski definition) is 2. The van der Waals surface area contributed by atoms with E-state index >= 15 is 0 Å². The van der Waals surface area contributed by atoms with Crippen molar-refractivity contribution in [1.82, 2.24) is 9.78 Å². The summed E-state index contributed by atoms with van der Waals surface area (Å²) in [6, 6.07) is 10.3. The van der Waals surface area contributed by atoms with Crippen LogP contribution in [0.5, 0.6) is 0 Å². The lowest BCUT2D eigenvalue weighted by molar-refractivity contribution is 0.701. The predicted molar refractivity (Wildman–Crippen MR) is 70.7 cm³/mol. The molecule has 0 amide bonds. The Balaban J connectivity index is 2.11. The Hall–Kier alpha value is -1.48. The van der Waals surface area contributed by atoms with Crippen LogP contribution in [0.1, 0.15) is 0 Å². The Morgan fingerprint density at radius 2 is 1.94 bits per heavy atom. The minimum absolute atomic E-state index is 0.771. The third-order valence-corrected chi connectivity index (χ3v) is 2.52. The molecule has 1 aromatic heterocycles. The van der Waals surface area contributed by atoms with Crippen LogP contribution in [0.25, 0.3) is 11.1 Å². The number of thiol groups is 1. The molecule has 2 rings (SSSR count). The summed E-state index contributed by atoms with van der Waals surface area (Å²) >= 11 is 4.11. The highest BCUT2D eigenvalue weighted by Crippen LogP contribution is 2.17. The second-order valence-corrected chi connectivity index (χ2v) is 3.84.